The molecule has 0 saturated carbocycles. The van der Waals surface area contributed by atoms with Crippen LogP contribution in [0.4, 0.5) is 0 Å². The van der Waals surface area contributed by atoms with Gasteiger partial charge in [-0.3, -0.25) is 0 Å². The van der Waals surface area contributed by atoms with Gasteiger partial charge in [-0.1, -0.05) is 0 Å². The first kappa shape index (κ1) is 6.99. The lowest BCUT2D eigenvalue weighted by atomic mass is 10.2. The lowest BCUT2D eigenvalue weighted by Gasteiger charge is -2.27. The molecule has 0 amide bonds. The topological polar surface area (TPSA) is 50.1 Å². The molecule has 0 radical (unpaired) electrons. The smallest absolute Gasteiger partial charge is 0.0316 e. The predicted octanol–water partition coefficient (Wildman–Crippen LogP) is -1.10. The van der Waals surface area contributed by atoms with Crippen LogP contribution in [0.1, 0.15) is 6.92 Å². The summed E-state index contributed by atoms with van der Waals surface area (Å²) in [5, 5.41) is 6.67. The first-order valence-electron chi connectivity index (χ1n) is 3.49. The van der Waals surface area contributed by atoms with Crippen LogP contribution < -0.4 is 16.4 Å². The molecular formula is C6H15N3. The summed E-state index contributed by atoms with van der Waals surface area (Å²) in [5.74, 6) is 0. The first-order chi connectivity index (χ1) is 4.33. The number of piperazine rings is 1. The Balaban J connectivity index is 2.18. The second-order valence-electron chi connectivity index (χ2n) is 2.65. The summed E-state index contributed by atoms with van der Waals surface area (Å²) in [4.78, 5) is 0. The summed E-state index contributed by atoms with van der Waals surface area (Å²) in [6.07, 6.45) is 0. The minimum absolute atomic E-state index is 0.487. The minimum Gasteiger partial charge on any atom is -0.329 e. The molecule has 3 heteroatoms. The molecule has 3 nitrogen and oxygen atoms in total. The molecule has 0 aromatic heterocycles. The van der Waals surface area contributed by atoms with E-state index in [4.69, 9.17) is 5.73 Å². The quantitative estimate of drug-likeness (QED) is 0.421. The van der Waals surface area contributed by atoms with Crippen molar-refractivity contribution in [3.63, 3.8) is 0 Å². The Bertz CT molecular complexity index is 76.4. The van der Waals surface area contributed by atoms with Crippen LogP contribution in [0.2, 0.25) is 0 Å². The van der Waals surface area contributed by atoms with E-state index >= 15 is 0 Å². The van der Waals surface area contributed by atoms with Gasteiger partial charge in [0.25, 0.3) is 0 Å². The van der Waals surface area contributed by atoms with Crippen LogP contribution in [-0.2, 0) is 0 Å². The minimum atomic E-state index is 0.487. The van der Waals surface area contributed by atoms with Crippen molar-refractivity contribution in [1.29, 1.82) is 0 Å². The second kappa shape index (κ2) is 3.15. The largest absolute Gasteiger partial charge is 0.329 e. The molecular weight excluding hydrogens is 114 g/mol. The zero-order valence-electron chi connectivity index (χ0n) is 5.85. The van der Waals surface area contributed by atoms with E-state index in [0.29, 0.717) is 12.1 Å². The Kier molecular flexibility index (Phi) is 2.45. The van der Waals surface area contributed by atoms with E-state index in [1.165, 1.54) is 0 Å². The van der Waals surface area contributed by atoms with Gasteiger partial charge in [0.2, 0.25) is 0 Å². The number of nitrogens with one attached hydrogen (secondary N) is 2. The fraction of sp³-hybridized carbons (Fsp3) is 1.00. The molecule has 1 rings (SSSR count). The number of hydrogen-bond donors (Lipinski definition) is 3. The summed E-state index contributed by atoms with van der Waals surface area (Å²) in [6, 6.07) is 1.09. The van der Waals surface area contributed by atoms with Gasteiger partial charge in [0.15, 0.2) is 0 Å². The van der Waals surface area contributed by atoms with Gasteiger partial charge in [0.05, 0.1) is 0 Å². The van der Waals surface area contributed by atoms with Crippen molar-refractivity contribution >= 4 is 0 Å². The van der Waals surface area contributed by atoms with Crippen LogP contribution in [0, 0.1) is 0 Å². The highest BCUT2D eigenvalue weighted by Gasteiger charge is 2.13. The fourth-order valence-corrected chi connectivity index (χ4v) is 0.998. The molecule has 1 aliphatic heterocycles. The zero-order valence-corrected chi connectivity index (χ0v) is 5.85. The van der Waals surface area contributed by atoms with Gasteiger partial charge < -0.3 is 16.4 Å². The standard InChI is InChI=1S/C6H15N3/c1-5-3-9-6(2-7)4-8-5/h5-6,8-9H,2-4,7H2,1H3. The number of nitrogens with two attached hydrogens (primary N) is 1. The maximum Gasteiger partial charge on any atom is 0.0316 e. The third kappa shape index (κ3) is 1.93. The molecule has 0 spiro atoms. The molecule has 2 atom stereocenters. The van der Waals surface area contributed by atoms with Crippen molar-refractivity contribution in [2.75, 3.05) is 19.6 Å². The fourth-order valence-electron chi connectivity index (χ4n) is 0.998. The molecule has 1 fully saturated rings. The van der Waals surface area contributed by atoms with E-state index in [1.54, 1.807) is 0 Å². The van der Waals surface area contributed by atoms with E-state index in [0.717, 1.165) is 19.6 Å². The van der Waals surface area contributed by atoms with E-state index in [-0.39, 0.29) is 0 Å². The van der Waals surface area contributed by atoms with Crippen molar-refractivity contribution < 1.29 is 0 Å². The Labute approximate surface area is 56.0 Å². The van der Waals surface area contributed by atoms with Gasteiger partial charge in [-0.15, -0.1) is 0 Å². The van der Waals surface area contributed by atoms with Crippen LogP contribution in [0.25, 0.3) is 0 Å². The van der Waals surface area contributed by atoms with Gasteiger partial charge in [-0.2, -0.15) is 0 Å². The number of rotatable bonds is 1. The molecule has 1 heterocycles. The van der Waals surface area contributed by atoms with Crippen molar-refractivity contribution in [3.8, 4) is 0 Å². The molecule has 1 aliphatic rings. The molecule has 0 aromatic carbocycles. The summed E-state index contributed by atoms with van der Waals surface area (Å²) >= 11 is 0. The average Bonchev–Trinajstić information content (AvgIpc) is 1.90. The van der Waals surface area contributed by atoms with Crippen LogP contribution in [-0.4, -0.2) is 31.7 Å². The molecule has 0 aromatic rings. The Morgan fingerprint density at radius 3 is 2.67 bits per heavy atom. The van der Waals surface area contributed by atoms with E-state index in [9.17, 15) is 0 Å². The van der Waals surface area contributed by atoms with Gasteiger partial charge in [0, 0.05) is 31.7 Å². The third-order valence-corrected chi connectivity index (χ3v) is 1.71. The predicted molar refractivity (Wildman–Crippen MR) is 38.3 cm³/mol. The Morgan fingerprint density at radius 1 is 1.44 bits per heavy atom. The average molecular weight is 129 g/mol. The van der Waals surface area contributed by atoms with Crippen LogP contribution in [0.5, 0.6) is 0 Å². The van der Waals surface area contributed by atoms with Gasteiger partial charge >= 0.3 is 0 Å². The highest BCUT2D eigenvalue weighted by Crippen LogP contribution is 1.89. The Morgan fingerprint density at radius 2 is 2.22 bits per heavy atom. The Hall–Kier alpha value is -0.120. The molecule has 1 saturated heterocycles. The lowest BCUT2D eigenvalue weighted by molar-refractivity contribution is 0.364. The maximum absolute atomic E-state index is 5.45. The highest BCUT2D eigenvalue weighted by atomic mass is 15.1. The van der Waals surface area contributed by atoms with Crippen LogP contribution in [0.3, 0.4) is 0 Å². The van der Waals surface area contributed by atoms with Gasteiger partial charge in [-0.25, -0.2) is 0 Å². The van der Waals surface area contributed by atoms with E-state index in [1.807, 2.05) is 0 Å². The van der Waals surface area contributed by atoms with Gasteiger partial charge in [-0.05, 0) is 6.92 Å². The molecule has 2 unspecified atom stereocenters. The molecule has 4 N–H and O–H groups in total. The highest BCUT2D eigenvalue weighted by molar-refractivity contribution is 4.80. The third-order valence-electron chi connectivity index (χ3n) is 1.71. The molecule has 9 heavy (non-hydrogen) atoms. The molecule has 54 valence electrons. The molecule has 0 bridgehead atoms. The first-order valence-corrected chi connectivity index (χ1v) is 3.49. The summed E-state index contributed by atoms with van der Waals surface area (Å²) in [5.41, 5.74) is 5.45. The van der Waals surface area contributed by atoms with E-state index < -0.39 is 0 Å². The van der Waals surface area contributed by atoms with Crippen LogP contribution in [0.15, 0.2) is 0 Å². The SMILES string of the molecule is CC1CNC(CN)CN1. The van der Waals surface area contributed by atoms with E-state index in [2.05, 4.69) is 17.6 Å². The summed E-state index contributed by atoms with van der Waals surface area (Å²) < 4.78 is 0. The van der Waals surface area contributed by atoms with Gasteiger partial charge in [0.1, 0.15) is 0 Å². The lowest BCUT2D eigenvalue weighted by Crippen LogP contribution is -2.55. The normalized spacial score (nSPS) is 36.7. The summed E-state index contributed by atoms with van der Waals surface area (Å²) in [6.45, 7) is 4.96. The van der Waals surface area contributed by atoms with Crippen molar-refractivity contribution in [1.82, 2.24) is 10.6 Å². The van der Waals surface area contributed by atoms with Crippen LogP contribution >= 0.6 is 0 Å². The molecule has 0 aliphatic carbocycles. The summed E-state index contributed by atoms with van der Waals surface area (Å²) in [7, 11) is 0. The second-order valence-corrected chi connectivity index (χ2v) is 2.65. The number of hydrogen-bond acceptors (Lipinski definition) is 3. The zero-order chi connectivity index (χ0) is 6.69. The van der Waals surface area contributed by atoms with Crippen molar-refractivity contribution in [2.45, 2.75) is 19.0 Å². The monoisotopic (exact) mass is 129 g/mol. The van der Waals surface area contributed by atoms with Crippen molar-refractivity contribution in [3.05, 3.63) is 0 Å². The van der Waals surface area contributed by atoms with Crippen molar-refractivity contribution in [2.24, 2.45) is 5.73 Å². The maximum atomic E-state index is 5.45.